The minimum absolute atomic E-state index is 0.356. The quantitative estimate of drug-likeness (QED) is 0.730. The fourth-order valence-corrected chi connectivity index (χ4v) is 1.76. The lowest BCUT2D eigenvalue weighted by Gasteiger charge is -2.20. The molecule has 0 saturated carbocycles. The standard InChI is InChI=1S/C10H19N3/c1-4-5-8(2)9(11-3)10-12-6-7-13-10/h6-9,11H,4-5H2,1-3H3,(H,12,13). The van der Waals surface area contributed by atoms with Gasteiger partial charge in [-0.05, 0) is 19.4 Å². The third-order valence-electron chi connectivity index (χ3n) is 2.44. The summed E-state index contributed by atoms with van der Waals surface area (Å²) in [6.07, 6.45) is 6.13. The molecule has 0 aliphatic rings. The van der Waals surface area contributed by atoms with Crippen molar-refractivity contribution in [3.05, 3.63) is 18.2 Å². The number of nitrogens with one attached hydrogen (secondary N) is 2. The van der Waals surface area contributed by atoms with Crippen molar-refractivity contribution in [3.63, 3.8) is 0 Å². The van der Waals surface area contributed by atoms with Crippen LogP contribution in [-0.4, -0.2) is 17.0 Å². The molecule has 3 nitrogen and oxygen atoms in total. The molecule has 2 N–H and O–H groups in total. The van der Waals surface area contributed by atoms with Crippen molar-refractivity contribution in [1.29, 1.82) is 0 Å². The summed E-state index contributed by atoms with van der Waals surface area (Å²) in [6, 6.07) is 0.356. The predicted molar refractivity (Wildman–Crippen MR) is 54.5 cm³/mol. The van der Waals surface area contributed by atoms with Crippen LogP contribution in [0.3, 0.4) is 0 Å². The Hall–Kier alpha value is -0.830. The number of hydrogen-bond donors (Lipinski definition) is 2. The zero-order valence-electron chi connectivity index (χ0n) is 8.67. The molecular weight excluding hydrogens is 162 g/mol. The Morgan fingerprint density at radius 3 is 2.85 bits per heavy atom. The Kier molecular flexibility index (Phi) is 3.96. The fourth-order valence-electron chi connectivity index (χ4n) is 1.76. The van der Waals surface area contributed by atoms with E-state index in [0.29, 0.717) is 12.0 Å². The van der Waals surface area contributed by atoms with Gasteiger partial charge in [-0.3, -0.25) is 0 Å². The summed E-state index contributed by atoms with van der Waals surface area (Å²) in [5.41, 5.74) is 0. The summed E-state index contributed by atoms with van der Waals surface area (Å²) in [5.74, 6) is 1.67. The van der Waals surface area contributed by atoms with E-state index in [1.165, 1.54) is 12.8 Å². The zero-order chi connectivity index (χ0) is 9.68. The molecule has 2 atom stereocenters. The Bertz CT molecular complexity index is 218. The van der Waals surface area contributed by atoms with Crippen molar-refractivity contribution >= 4 is 0 Å². The number of aromatic nitrogens is 2. The highest BCUT2D eigenvalue weighted by Crippen LogP contribution is 2.21. The maximum Gasteiger partial charge on any atom is 0.123 e. The van der Waals surface area contributed by atoms with Crippen molar-refractivity contribution in [2.45, 2.75) is 32.7 Å². The largest absolute Gasteiger partial charge is 0.347 e. The highest BCUT2D eigenvalue weighted by molar-refractivity contribution is 4.96. The van der Waals surface area contributed by atoms with Crippen LogP contribution in [0.1, 0.15) is 38.6 Å². The van der Waals surface area contributed by atoms with Gasteiger partial charge in [0.05, 0.1) is 6.04 Å². The molecule has 2 unspecified atom stereocenters. The van der Waals surface area contributed by atoms with Crippen molar-refractivity contribution in [1.82, 2.24) is 15.3 Å². The smallest absolute Gasteiger partial charge is 0.123 e. The monoisotopic (exact) mass is 181 g/mol. The van der Waals surface area contributed by atoms with Gasteiger partial charge in [0, 0.05) is 12.4 Å². The van der Waals surface area contributed by atoms with Gasteiger partial charge in [-0.1, -0.05) is 20.3 Å². The van der Waals surface area contributed by atoms with E-state index in [0.717, 1.165) is 5.82 Å². The number of aromatic amines is 1. The molecule has 0 saturated heterocycles. The average Bonchev–Trinajstić information content (AvgIpc) is 2.59. The molecule has 0 aliphatic heterocycles. The molecule has 0 aromatic carbocycles. The van der Waals surface area contributed by atoms with Crippen LogP contribution in [0.2, 0.25) is 0 Å². The average molecular weight is 181 g/mol. The molecule has 0 aliphatic carbocycles. The topological polar surface area (TPSA) is 40.7 Å². The molecule has 0 spiro atoms. The number of imidazole rings is 1. The van der Waals surface area contributed by atoms with Crippen LogP contribution in [0.25, 0.3) is 0 Å². The second-order valence-electron chi connectivity index (χ2n) is 3.51. The number of nitrogens with zero attached hydrogens (tertiary/aromatic N) is 1. The maximum atomic E-state index is 4.27. The van der Waals surface area contributed by atoms with Crippen LogP contribution < -0.4 is 5.32 Å². The van der Waals surface area contributed by atoms with Crippen LogP contribution >= 0.6 is 0 Å². The Labute approximate surface area is 80.0 Å². The SMILES string of the molecule is CCCC(C)C(NC)c1ncc[nH]1. The first-order chi connectivity index (χ1) is 6.29. The first-order valence-electron chi connectivity index (χ1n) is 4.96. The van der Waals surface area contributed by atoms with Gasteiger partial charge in [-0.2, -0.15) is 0 Å². The van der Waals surface area contributed by atoms with Crippen molar-refractivity contribution < 1.29 is 0 Å². The maximum absolute atomic E-state index is 4.27. The van der Waals surface area contributed by atoms with Gasteiger partial charge < -0.3 is 10.3 Å². The van der Waals surface area contributed by atoms with E-state index in [1.807, 2.05) is 13.2 Å². The lowest BCUT2D eigenvalue weighted by molar-refractivity contribution is 0.371. The van der Waals surface area contributed by atoms with Gasteiger partial charge in [0.1, 0.15) is 5.82 Å². The van der Waals surface area contributed by atoms with Crippen LogP contribution in [-0.2, 0) is 0 Å². The van der Waals surface area contributed by atoms with E-state index in [1.54, 1.807) is 6.20 Å². The summed E-state index contributed by atoms with van der Waals surface area (Å²) in [6.45, 7) is 4.47. The predicted octanol–water partition coefficient (Wildman–Crippen LogP) is 2.11. The Balaban J connectivity index is 2.62. The number of H-pyrrole nitrogens is 1. The first-order valence-corrected chi connectivity index (χ1v) is 4.96. The lowest BCUT2D eigenvalue weighted by atomic mass is 9.96. The van der Waals surface area contributed by atoms with E-state index in [9.17, 15) is 0 Å². The van der Waals surface area contributed by atoms with E-state index < -0.39 is 0 Å². The molecule has 13 heavy (non-hydrogen) atoms. The molecular formula is C10H19N3. The van der Waals surface area contributed by atoms with Crippen LogP contribution in [0.4, 0.5) is 0 Å². The summed E-state index contributed by atoms with van der Waals surface area (Å²) in [5, 5.41) is 3.30. The summed E-state index contributed by atoms with van der Waals surface area (Å²) in [4.78, 5) is 7.43. The van der Waals surface area contributed by atoms with Gasteiger partial charge in [-0.25, -0.2) is 4.98 Å². The Morgan fingerprint density at radius 1 is 1.62 bits per heavy atom. The highest BCUT2D eigenvalue weighted by Gasteiger charge is 2.18. The molecule has 1 aromatic heterocycles. The van der Waals surface area contributed by atoms with Crippen LogP contribution in [0.15, 0.2) is 12.4 Å². The first kappa shape index (κ1) is 10.3. The Morgan fingerprint density at radius 2 is 2.38 bits per heavy atom. The van der Waals surface area contributed by atoms with E-state index >= 15 is 0 Å². The van der Waals surface area contributed by atoms with Crippen LogP contribution in [0, 0.1) is 5.92 Å². The van der Waals surface area contributed by atoms with Gasteiger partial charge in [-0.15, -0.1) is 0 Å². The zero-order valence-corrected chi connectivity index (χ0v) is 8.67. The third kappa shape index (κ3) is 2.56. The summed E-state index contributed by atoms with van der Waals surface area (Å²) >= 11 is 0. The fraction of sp³-hybridized carbons (Fsp3) is 0.700. The van der Waals surface area contributed by atoms with E-state index in [-0.39, 0.29) is 0 Å². The summed E-state index contributed by atoms with van der Waals surface area (Å²) in [7, 11) is 1.99. The minimum atomic E-state index is 0.356. The molecule has 1 aromatic rings. The van der Waals surface area contributed by atoms with Crippen LogP contribution in [0.5, 0.6) is 0 Å². The van der Waals surface area contributed by atoms with Gasteiger partial charge in [0.15, 0.2) is 0 Å². The number of hydrogen-bond acceptors (Lipinski definition) is 2. The molecule has 0 bridgehead atoms. The molecule has 3 heteroatoms. The second-order valence-corrected chi connectivity index (χ2v) is 3.51. The van der Waals surface area contributed by atoms with Crippen molar-refractivity contribution in [2.75, 3.05) is 7.05 Å². The molecule has 1 heterocycles. The van der Waals surface area contributed by atoms with Crippen molar-refractivity contribution in [3.8, 4) is 0 Å². The normalized spacial score (nSPS) is 15.6. The van der Waals surface area contributed by atoms with Gasteiger partial charge in [0.2, 0.25) is 0 Å². The lowest BCUT2D eigenvalue weighted by Crippen LogP contribution is -2.24. The highest BCUT2D eigenvalue weighted by atomic mass is 15.0. The molecule has 0 amide bonds. The molecule has 74 valence electrons. The minimum Gasteiger partial charge on any atom is -0.347 e. The molecule has 0 radical (unpaired) electrons. The van der Waals surface area contributed by atoms with Gasteiger partial charge >= 0.3 is 0 Å². The van der Waals surface area contributed by atoms with Crippen molar-refractivity contribution in [2.24, 2.45) is 5.92 Å². The summed E-state index contributed by atoms with van der Waals surface area (Å²) < 4.78 is 0. The number of rotatable bonds is 5. The van der Waals surface area contributed by atoms with E-state index in [2.05, 4.69) is 29.1 Å². The molecule has 1 rings (SSSR count). The molecule has 0 fully saturated rings. The second kappa shape index (κ2) is 5.02. The van der Waals surface area contributed by atoms with E-state index in [4.69, 9.17) is 0 Å². The van der Waals surface area contributed by atoms with Gasteiger partial charge in [0.25, 0.3) is 0 Å². The third-order valence-corrected chi connectivity index (χ3v) is 2.44.